The summed E-state index contributed by atoms with van der Waals surface area (Å²) < 4.78 is 0. The average molecular weight is 259 g/mol. The fourth-order valence-electron chi connectivity index (χ4n) is 1.78. The van der Waals surface area contributed by atoms with Crippen LogP contribution in [0.4, 0.5) is 5.69 Å². The fourth-order valence-corrected chi connectivity index (χ4v) is 1.78. The van der Waals surface area contributed by atoms with Crippen molar-refractivity contribution >= 4 is 11.6 Å². The molecule has 102 valence electrons. The van der Waals surface area contributed by atoms with Crippen LogP contribution in [0.25, 0.3) is 0 Å². The molecule has 2 atom stereocenters. The van der Waals surface area contributed by atoms with Gasteiger partial charge in [-0.2, -0.15) is 5.26 Å². The Hall–Kier alpha value is -1.86. The summed E-state index contributed by atoms with van der Waals surface area (Å²) in [6.45, 7) is 6.06. The maximum absolute atomic E-state index is 12.2. The number of likely N-dealkylation sites (N-methyl/N-ethyl adjacent to an activating group) is 1. The molecule has 0 aromatic heterocycles. The molecule has 0 spiro atoms. The predicted octanol–water partition coefficient (Wildman–Crippen LogP) is 2.62. The molecular formula is C15H21N3O. The van der Waals surface area contributed by atoms with Gasteiger partial charge in [-0.05, 0) is 39.4 Å². The third-order valence-corrected chi connectivity index (χ3v) is 3.58. The Bertz CT molecular complexity index is 479. The maximum Gasteiger partial charge on any atom is 0.241 e. The third-order valence-electron chi connectivity index (χ3n) is 3.58. The van der Waals surface area contributed by atoms with Crippen molar-refractivity contribution in [3.05, 3.63) is 29.8 Å². The first kappa shape index (κ1) is 15.2. The van der Waals surface area contributed by atoms with Crippen molar-refractivity contribution in [3.8, 4) is 6.07 Å². The van der Waals surface area contributed by atoms with Crippen molar-refractivity contribution in [1.29, 1.82) is 5.26 Å². The maximum atomic E-state index is 12.2. The van der Waals surface area contributed by atoms with Gasteiger partial charge in [0, 0.05) is 6.04 Å². The van der Waals surface area contributed by atoms with E-state index in [0.29, 0.717) is 17.3 Å². The van der Waals surface area contributed by atoms with Crippen LogP contribution in [0.2, 0.25) is 0 Å². The van der Waals surface area contributed by atoms with Crippen LogP contribution in [0.3, 0.4) is 0 Å². The molecule has 1 aromatic carbocycles. The van der Waals surface area contributed by atoms with Gasteiger partial charge in [0.15, 0.2) is 0 Å². The van der Waals surface area contributed by atoms with E-state index in [4.69, 9.17) is 5.26 Å². The summed E-state index contributed by atoms with van der Waals surface area (Å²) >= 11 is 0. The van der Waals surface area contributed by atoms with Gasteiger partial charge in [-0.3, -0.25) is 9.69 Å². The van der Waals surface area contributed by atoms with Crippen LogP contribution in [0.1, 0.15) is 32.8 Å². The number of para-hydroxylation sites is 1. The molecule has 0 fully saturated rings. The first-order valence-corrected chi connectivity index (χ1v) is 6.53. The number of hydrogen-bond acceptors (Lipinski definition) is 3. The number of anilines is 1. The van der Waals surface area contributed by atoms with E-state index in [1.807, 2.05) is 18.9 Å². The Balaban J connectivity index is 2.77. The summed E-state index contributed by atoms with van der Waals surface area (Å²) in [7, 11) is 1.94. The number of benzene rings is 1. The highest BCUT2D eigenvalue weighted by atomic mass is 16.2. The van der Waals surface area contributed by atoms with Gasteiger partial charge in [-0.1, -0.05) is 19.1 Å². The molecule has 0 aliphatic rings. The largest absolute Gasteiger partial charge is 0.324 e. The van der Waals surface area contributed by atoms with Gasteiger partial charge in [-0.15, -0.1) is 0 Å². The fraction of sp³-hybridized carbons (Fsp3) is 0.467. The lowest BCUT2D eigenvalue weighted by molar-refractivity contribution is -0.121. The normalized spacial score (nSPS) is 13.7. The number of nitriles is 1. The van der Waals surface area contributed by atoms with Crippen molar-refractivity contribution in [1.82, 2.24) is 4.90 Å². The van der Waals surface area contributed by atoms with Crippen LogP contribution in [0, 0.1) is 11.3 Å². The Kier molecular flexibility index (Phi) is 5.53. The zero-order valence-electron chi connectivity index (χ0n) is 12.0. The van der Waals surface area contributed by atoms with Crippen LogP contribution in [-0.4, -0.2) is 29.9 Å². The number of carbonyl (C=O) groups excluding carboxylic acids is 1. The lowest BCUT2D eigenvalue weighted by Crippen LogP contribution is -2.44. The molecule has 19 heavy (non-hydrogen) atoms. The van der Waals surface area contributed by atoms with E-state index in [2.05, 4.69) is 25.2 Å². The Labute approximate surface area is 115 Å². The molecule has 1 amide bonds. The molecule has 0 aliphatic carbocycles. The zero-order valence-corrected chi connectivity index (χ0v) is 12.0. The van der Waals surface area contributed by atoms with Gasteiger partial charge < -0.3 is 5.32 Å². The number of hydrogen-bond donors (Lipinski definition) is 1. The first-order chi connectivity index (χ1) is 9.01. The summed E-state index contributed by atoms with van der Waals surface area (Å²) in [4.78, 5) is 14.2. The van der Waals surface area contributed by atoms with Gasteiger partial charge in [0.05, 0.1) is 17.3 Å². The minimum atomic E-state index is -0.235. The van der Waals surface area contributed by atoms with E-state index in [1.54, 1.807) is 24.3 Å². The van der Waals surface area contributed by atoms with Crippen molar-refractivity contribution in [2.45, 2.75) is 39.3 Å². The van der Waals surface area contributed by atoms with Crippen LogP contribution in [0.5, 0.6) is 0 Å². The number of nitrogens with one attached hydrogen (secondary N) is 1. The lowest BCUT2D eigenvalue weighted by atomic mass is 10.1. The minimum absolute atomic E-state index is 0.0921. The highest BCUT2D eigenvalue weighted by Gasteiger charge is 2.21. The van der Waals surface area contributed by atoms with Gasteiger partial charge >= 0.3 is 0 Å². The molecule has 4 nitrogen and oxygen atoms in total. The van der Waals surface area contributed by atoms with E-state index in [-0.39, 0.29) is 11.9 Å². The Morgan fingerprint density at radius 1 is 1.42 bits per heavy atom. The summed E-state index contributed by atoms with van der Waals surface area (Å²) in [5.41, 5.74) is 1.05. The van der Waals surface area contributed by atoms with E-state index in [1.165, 1.54) is 0 Å². The number of amides is 1. The molecule has 0 aliphatic heterocycles. The molecular weight excluding hydrogens is 238 g/mol. The molecule has 0 bridgehead atoms. The van der Waals surface area contributed by atoms with Crippen molar-refractivity contribution in [2.24, 2.45) is 0 Å². The molecule has 1 aromatic rings. The number of rotatable bonds is 5. The minimum Gasteiger partial charge on any atom is -0.324 e. The zero-order chi connectivity index (χ0) is 14.4. The van der Waals surface area contributed by atoms with Gasteiger partial charge in [0.1, 0.15) is 6.07 Å². The third kappa shape index (κ3) is 3.80. The van der Waals surface area contributed by atoms with Crippen LogP contribution < -0.4 is 5.32 Å². The summed E-state index contributed by atoms with van der Waals surface area (Å²) in [6.07, 6.45) is 0.989. The van der Waals surface area contributed by atoms with E-state index >= 15 is 0 Å². The Morgan fingerprint density at radius 3 is 2.63 bits per heavy atom. The second-order valence-electron chi connectivity index (χ2n) is 4.75. The van der Waals surface area contributed by atoms with Crippen LogP contribution in [-0.2, 0) is 4.79 Å². The molecule has 0 saturated heterocycles. The summed E-state index contributed by atoms with van der Waals surface area (Å²) in [5, 5.41) is 11.8. The second kappa shape index (κ2) is 6.91. The van der Waals surface area contributed by atoms with Crippen molar-refractivity contribution < 1.29 is 4.79 Å². The SMILES string of the molecule is CCC(C)N(C)C(C)C(=O)Nc1ccccc1C#N. The van der Waals surface area contributed by atoms with Gasteiger partial charge in [-0.25, -0.2) is 0 Å². The second-order valence-corrected chi connectivity index (χ2v) is 4.75. The topological polar surface area (TPSA) is 56.1 Å². The summed E-state index contributed by atoms with van der Waals surface area (Å²) in [6, 6.07) is 9.20. The lowest BCUT2D eigenvalue weighted by Gasteiger charge is -2.29. The molecule has 4 heteroatoms. The molecule has 1 N–H and O–H groups in total. The van der Waals surface area contributed by atoms with Crippen molar-refractivity contribution in [2.75, 3.05) is 12.4 Å². The molecule has 0 radical (unpaired) electrons. The quantitative estimate of drug-likeness (QED) is 0.884. The standard InChI is InChI=1S/C15H21N3O/c1-5-11(2)18(4)12(3)15(19)17-14-9-7-6-8-13(14)10-16/h6-9,11-12H,5H2,1-4H3,(H,17,19). The molecule has 2 unspecified atom stereocenters. The molecule has 0 saturated carbocycles. The number of nitrogens with zero attached hydrogens (tertiary/aromatic N) is 2. The van der Waals surface area contributed by atoms with Crippen LogP contribution >= 0.6 is 0 Å². The Morgan fingerprint density at radius 2 is 2.05 bits per heavy atom. The predicted molar refractivity (Wildman–Crippen MR) is 76.8 cm³/mol. The highest BCUT2D eigenvalue weighted by Crippen LogP contribution is 2.15. The van der Waals surface area contributed by atoms with Crippen molar-refractivity contribution in [3.63, 3.8) is 0 Å². The van der Waals surface area contributed by atoms with Gasteiger partial charge in [0.2, 0.25) is 5.91 Å². The molecule has 1 rings (SSSR count). The molecule has 0 heterocycles. The highest BCUT2D eigenvalue weighted by molar-refractivity contribution is 5.95. The number of carbonyl (C=O) groups is 1. The van der Waals surface area contributed by atoms with E-state index in [9.17, 15) is 4.79 Å². The summed E-state index contributed by atoms with van der Waals surface area (Å²) in [5.74, 6) is -0.0921. The smallest absolute Gasteiger partial charge is 0.241 e. The van der Waals surface area contributed by atoms with Crippen LogP contribution in [0.15, 0.2) is 24.3 Å². The average Bonchev–Trinajstić information content (AvgIpc) is 2.45. The van der Waals surface area contributed by atoms with E-state index in [0.717, 1.165) is 6.42 Å². The first-order valence-electron chi connectivity index (χ1n) is 6.53. The van der Waals surface area contributed by atoms with E-state index < -0.39 is 0 Å². The van der Waals surface area contributed by atoms with Gasteiger partial charge in [0.25, 0.3) is 0 Å². The monoisotopic (exact) mass is 259 g/mol.